The molecule has 0 unspecified atom stereocenters. The lowest BCUT2D eigenvalue weighted by atomic mass is 10.1. The standard InChI is InChI=1S/C15H16N2O2/c18-14-5-3-12(4-6-14)2-1-9-17-15(19)13-7-10-16-11-8-13/h3-8,10-11,18H,1-2,9H2,(H,17,19). The number of hydrogen-bond donors (Lipinski definition) is 2. The number of aryl methyl sites for hydroxylation is 1. The number of pyridine rings is 1. The number of amides is 1. The number of nitrogens with one attached hydrogen (secondary N) is 1. The first kappa shape index (κ1) is 13.1. The van der Waals surface area contributed by atoms with Crippen LogP contribution in [0.4, 0.5) is 0 Å². The number of aromatic nitrogens is 1. The van der Waals surface area contributed by atoms with Crippen LogP contribution < -0.4 is 5.32 Å². The molecule has 1 aromatic heterocycles. The molecule has 2 rings (SSSR count). The van der Waals surface area contributed by atoms with E-state index in [1.807, 2.05) is 12.1 Å². The van der Waals surface area contributed by atoms with Gasteiger partial charge in [-0.2, -0.15) is 0 Å². The largest absolute Gasteiger partial charge is 0.508 e. The molecule has 4 heteroatoms. The van der Waals surface area contributed by atoms with Crippen molar-refractivity contribution in [1.29, 1.82) is 0 Å². The molecular formula is C15H16N2O2. The van der Waals surface area contributed by atoms with Gasteiger partial charge >= 0.3 is 0 Å². The summed E-state index contributed by atoms with van der Waals surface area (Å²) >= 11 is 0. The van der Waals surface area contributed by atoms with Gasteiger partial charge in [-0.1, -0.05) is 12.1 Å². The Morgan fingerprint density at radius 1 is 1.11 bits per heavy atom. The van der Waals surface area contributed by atoms with Gasteiger partial charge in [0.05, 0.1) is 0 Å². The number of aromatic hydroxyl groups is 1. The lowest BCUT2D eigenvalue weighted by molar-refractivity contribution is 0.0953. The molecule has 0 bridgehead atoms. The quantitative estimate of drug-likeness (QED) is 0.806. The number of phenolic OH excluding ortho intramolecular Hbond substituents is 1. The van der Waals surface area contributed by atoms with Crippen molar-refractivity contribution in [3.63, 3.8) is 0 Å². The Balaban J connectivity index is 1.72. The zero-order valence-corrected chi connectivity index (χ0v) is 10.5. The van der Waals surface area contributed by atoms with Crippen LogP contribution in [0.5, 0.6) is 5.75 Å². The Hall–Kier alpha value is -2.36. The Morgan fingerprint density at radius 3 is 2.47 bits per heavy atom. The van der Waals surface area contributed by atoms with E-state index in [1.54, 1.807) is 36.7 Å². The van der Waals surface area contributed by atoms with Crippen molar-refractivity contribution < 1.29 is 9.90 Å². The second kappa shape index (κ2) is 6.54. The van der Waals surface area contributed by atoms with E-state index in [0.717, 1.165) is 18.4 Å². The maximum absolute atomic E-state index is 11.7. The average Bonchev–Trinajstić information content (AvgIpc) is 2.46. The summed E-state index contributed by atoms with van der Waals surface area (Å²) in [5, 5.41) is 12.0. The van der Waals surface area contributed by atoms with Crippen molar-refractivity contribution >= 4 is 5.91 Å². The van der Waals surface area contributed by atoms with E-state index in [-0.39, 0.29) is 11.7 Å². The topological polar surface area (TPSA) is 62.2 Å². The molecular weight excluding hydrogens is 240 g/mol. The minimum atomic E-state index is -0.0758. The highest BCUT2D eigenvalue weighted by Gasteiger charge is 2.03. The fourth-order valence-electron chi connectivity index (χ4n) is 1.76. The zero-order valence-electron chi connectivity index (χ0n) is 10.5. The molecule has 0 aliphatic carbocycles. The predicted molar refractivity (Wildman–Crippen MR) is 73.0 cm³/mol. The van der Waals surface area contributed by atoms with E-state index >= 15 is 0 Å². The molecule has 0 saturated carbocycles. The third-order valence-corrected chi connectivity index (χ3v) is 2.81. The first-order valence-electron chi connectivity index (χ1n) is 6.22. The summed E-state index contributed by atoms with van der Waals surface area (Å²) in [4.78, 5) is 15.6. The molecule has 0 atom stereocenters. The summed E-state index contributed by atoms with van der Waals surface area (Å²) in [5.41, 5.74) is 1.77. The van der Waals surface area contributed by atoms with Crippen molar-refractivity contribution in [2.24, 2.45) is 0 Å². The predicted octanol–water partition coefficient (Wildman–Crippen LogP) is 2.15. The smallest absolute Gasteiger partial charge is 0.251 e. The van der Waals surface area contributed by atoms with Crippen LogP contribution in [0, 0.1) is 0 Å². The highest BCUT2D eigenvalue weighted by atomic mass is 16.3. The van der Waals surface area contributed by atoms with Crippen LogP contribution in [-0.4, -0.2) is 22.5 Å². The Kier molecular flexibility index (Phi) is 4.50. The minimum absolute atomic E-state index is 0.0758. The summed E-state index contributed by atoms with van der Waals surface area (Å²) in [6, 6.07) is 10.5. The first-order valence-corrected chi connectivity index (χ1v) is 6.22. The third-order valence-electron chi connectivity index (χ3n) is 2.81. The summed E-state index contributed by atoms with van der Waals surface area (Å²) in [6.45, 7) is 0.627. The molecule has 0 spiro atoms. The summed E-state index contributed by atoms with van der Waals surface area (Å²) in [5.74, 6) is 0.197. The summed E-state index contributed by atoms with van der Waals surface area (Å²) < 4.78 is 0. The number of hydrogen-bond acceptors (Lipinski definition) is 3. The molecule has 98 valence electrons. The van der Waals surface area contributed by atoms with Crippen molar-refractivity contribution in [2.45, 2.75) is 12.8 Å². The van der Waals surface area contributed by atoms with Crippen LogP contribution in [0.15, 0.2) is 48.8 Å². The van der Waals surface area contributed by atoms with E-state index in [2.05, 4.69) is 10.3 Å². The first-order chi connectivity index (χ1) is 9.25. The maximum Gasteiger partial charge on any atom is 0.251 e. The lowest BCUT2D eigenvalue weighted by Crippen LogP contribution is -2.24. The van der Waals surface area contributed by atoms with Crippen molar-refractivity contribution in [2.75, 3.05) is 6.54 Å². The lowest BCUT2D eigenvalue weighted by Gasteiger charge is -2.05. The monoisotopic (exact) mass is 256 g/mol. The van der Waals surface area contributed by atoms with Gasteiger partial charge < -0.3 is 10.4 Å². The number of phenols is 1. The minimum Gasteiger partial charge on any atom is -0.508 e. The average molecular weight is 256 g/mol. The highest BCUT2D eigenvalue weighted by Crippen LogP contribution is 2.10. The molecule has 0 aliphatic heterocycles. The SMILES string of the molecule is O=C(NCCCc1ccc(O)cc1)c1ccncc1. The summed E-state index contributed by atoms with van der Waals surface area (Å²) in [7, 11) is 0. The molecule has 1 amide bonds. The van der Waals surface area contributed by atoms with E-state index in [1.165, 1.54) is 0 Å². The van der Waals surface area contributed by atoms with E-state index < -0.39 is 0 Å². The fraction of sp³-hybridized carbons (Fsp3) is 0.200. The van der Waals surface area contributed by atoms with Crippen molar-refractivity contribution in [3.05, 3.63) is 59.9 Å². The van der Waals surface area contributed by atoms with Crippen LogP contribution in [0.1, 0.15) is 22.3 Å². The third kappa shape index (κ3) is 4.10. The fourth-order valence-corrected chi connectivity index (χ4v) is 1.76. The van der Waals surface area contributed by atoms with E-state index in [4.69, 9.17) is 5.11 Å². The highest BCUT2D eigenvalue weighted by molar-refractivity contribution is 5.93. The van der Waals surface area contributed by atoms with Gasteiger partial charge in [0.1, 0.15) is 5.75 Å². The molecule has 2 N–H and O–H groups in total. The van der Waals surface area contributed by atoms with Crippen molar-refractivity contribution in [1.82, 2.24) is 10.3 Å². The van der Waals surface area contributed by atoms with Crippen LogP contribution in [0.3, 0.4) is 0 Å². The van der Waals surface area contributed by atoms with Gasteiger partial charge in [-0.05, 0) is 42.7 Å². The van der Waals surface area contributed by atoms with Gasteiger partial charge in [0, 0.05) is 24.5 Å². The molecule has 0 radical (unpaired) electrons. The number of rotatable bonds is 5. The molecule has 0 saturated heterocycles. The normalized spacial score (nSPS) is 10.1. The van der Waals surface area contributed by atoms with Gasteiger partial charge in [0.2, 0.25) is 0 Å². The molecule has 0 fully saturated rings. The molecule has 1 heterocycles. The molecule has 1 aromatic carbocycles. The molecule has 19 heavy (non-hydrogen) atoms. The Bertz CT molecular complexity index is 524. The molecule has 4 nitrogen and oxygen atoms in total. The van der Waals surface area contributed by atoms with Crippen LogP contribution in [0.2, 0.25) is 0 Å². The second-order valence-electron chi connectivity index (χ2n) is 4.26. The number of benzene rings is 1. The zero-order chi connectivity index (χ0) is 13.5. The number of carbonyl (C=O) groups excluding carboxylic acids is 1. The van der Waals surface area contributed by atoms with Gasteiger partial charge in [-0.15, -0.1) is 0 Å². The molecule has 0 aliphatic rings. The van der Waals surface area contributed by atoms with Crippen LogP contribution in [-0.2, 0) is 6.42 Å². The van der Waals surface area contributed by atoms with Crippen molar-refractivity contribution in [3.8, 4) is 5.75 Å². The number of carbonyl (C=O) groups is 1. The van der Waals surface area contributed by atoms with Gasteiger partial charge in [-0.25, -0.2) is 0 Å². The van der Waals surface area contributed by atoms with Crippen LogP contribution in [0.25, 0.3) is 0 Å². The van der Waals surface area contributed by atoms with Gasteiger partial charge in [0.25, 0.3) is 5.91 Å². The van der Waals surface area contributed by atoms with E-state index in [9.17, 15) is 4.79 Å². The van der Waals surface area contributed by atoms with Gasteiger partial charge in [-0.3, -0.25) is 9.78 Å². The van der Waals surface area contributed by atoms with E-state index in [0.29, 0.717) is 12.1 Å². The summed E-state index contributed by atoms with van der Waals surface area (Å²) in [6.07, 6.45) is 4.94. The van der Waals surface area contributed by atoms with Crippen LogP contribution >= 0.6 is 0 Å². The number of nitrogens with zero attached hydrogens (tertiary/aromatic N) is 1. The maximum atomic E-state index is 11.7. The Morgan fingerprint density at radius 2 is 1.79 bits per heavy atom. The Labute approximate surface area is 112 Å². The second-order valence-corrected chi connectivity index (χ2v) is 4.26. The van der Waals surface area contributed by atoms with Gasteiger partial charge in [0.15, 0.2) is 0 Å². The molecule has 2 aromatic rings.